The molecule has 1 N–H and O–H groups in total. The molecule has 0 bridgehead atoms. The third kappa shape index (κ3) is 3.40. The van der Waals surface area contributed by atoms with E-state index < -0.39 is 5.60 Å². The number of carbonyl (C=O) groups is 1. The summed E-state index contributed by atoms with van der Waals surface area (Å²) in [5.74, 6) is -0.111. The Morgan fingerprint density at radius 3 is 3.12 bits per heavy atom. The molecule has 2 aliphatic heterocycles. The molecule has 2 saturated heterocycles. The average Bonchev–Trinajstić information content (AvgIpc) is 3.25. The molecule has 0 aromatic carbocycles. The summed E-state index contributed by atoms with van der Waals surface area (Å²) in [5, 5.41) is 10.6. The van der Waals surface area contributed by atoms with E-state index in [0.29, 0.717) is 38.5 Å². The van der Waals surface area contributed by atoms with E-state index in [-0.39, 0.29) is 17.6 Å². The molecule has 1 amide bonds. The maximum Gasteiger partial charge on any atom is 0.272 e. The van der Waals surface area contributed by atoms with Crippen LogP contribution in [-0.4, -0.2) is 68.8 Å². The number of H-pyrrole nitrogens is 1. The van der Waals surface area contributed by atoms with Gasteiger partial charge in [0.05, 0.1) is 32.4 Å². The zero-order chi connectivity index (χ0) is 18.0. The molecule has 2 fully saturated rings. The van der Waals surface area contributed by atoms with E-state index in [1.807, 2.05) is 0 Å². The number of amides is 1. The lowest BCUT2D eigenvalue weighted by Gasteiger charge is -2.31. The van der Waals surface area contributed by atoms with Gasteiger partial charge in [-0.1, -0.05) is 0 Å². The number of nitrogens with one attached hydrogen (secondary N) is 1. The van der Waals surface area contributed by atoms with E-state index in [4.69, 9.17) is 9.47 Å². The highest BCUT2D eigenvalue weighted by atomic mass is 16.6. The monoisotopic (exact) mass is 359 g/mol. The number of aromatic nitrogens is 4. The quantitative estimate of drug-likeness (QED) is 0.831. The van der Waals surface area contributed by atoms with Gasteiger partial charge in [0.15, 0.2) is 0 Å². The average molecular weight is 359 g/mol. The summed E-state index contributed by atoms with van der Waals surface area (Å²) in [7, 11) is 0. The Labute approximate surface area is 149 Å². The second-order valence-electron chi connectivity index (χ2n) is 6.76. The topological polar surface area (TPSA) is 102 Å². The lowest BCUT2D eigenvalue weighted by Crippen LogP contribution is -2.47. The maximum atomic E-state index is 12.7. The fraction of sp³-hybridized carbons (Fsp3) is 0.529. The predicted molar refractivity (Wildman–Crippen MR) is 90.6 cm³/mol. The Hall–Kier alpha value is -2.52. The Morgan fingerprint density at radius 1 is 1.38 bits per heavy atom. The van der Waals surface area contributed by atoms with Crippen molar-refractivity contribution in [3.63, 3.8) is 0 Å². The molecule has 0 aliphatic carbocycles. The lowest BCUT2D eigenvalue weighted by molar-refractivity contribution is -0.0884. The first-order chi connectivity index (χ1) is 12.7. The second kappa shape index (κ2) is 7.00. The van der Waals surface area contributed by atoms with Crippen LogP contribution in [0.4, 0.5) is 0 Å². The maximum absolute atomic E-state index is 12.7. The van der Waals surface area contributed by atoms with Crippen LogP contribution < -0.4 is 5.56 Å². The van der Waals surface area contributed by atoms with Crippen molar-refractivity contribution in [1.29, 1.82) is 0 Å². The highest BCUT2D eigenvalue weighted by Crippen LogP contribution is 2.33. The fourth-order valence-corrected chi connectivity index (χ4v) is 3.59. The molecular formula is C17H21N5O4. The number of hydrogen-bond acceptors (Lipinski definition) is 6. The number of hydrogen-bond donors (Lipinski definition) is 1. The molecule has 2 aromatic rings. The van der Waals surface area contributed by atoms with Crippen LogP contribution in [0.1, 0.15) is 23.3 Å². The molecule has 1 spiro atoms. The Balaban J connectivity index is 1.46. The third-order valence-electron chi connectivity index (χ3n) is 4.87. The minimum absolute atomic E-state index is 0.111. The molecule has 0 radical (unpaired) electrons. The van der Waals surface area contributed by atoms with Crippen molar-refractivity contribution < 1.29 is 14.3 Å². The molecular weight excluding hydrogens is 338 g/mol. The highest BCUT2D eigenvalue weighted by molar-refractivity contribution is 5.92. The summed E-state index contributed by atoms with van der Waals surface area (Å²) in [6.07, 6.45) is 4.58. The molecule has 9 nitrogen and oxygen atoms in total. The van der Waals surface area contributed by atoms with Crippen LogP contribution in [0.3, 0.4) is 0 Å². The van der Waals surface area contributed by atoms with Crippen molar-refractivity contribution in [2.45, 2.75) is 31.1 Å². The van der Waals surface area contributed by atoms with Crippen LogP contribution in [-0.2, 0) is 16.0 Å². The normalized spacial score (nSPS) is 26.2. The van der Waals surface area contributed by atoms with Gasteiger partial charge in [-0.05, 0) is 25.0 Å². The third-order valence-corrected chi connectivity index (χ3v) is 4.87. The van der Waals surface area contributed by atoms with Gasteiger partial charge in [0.2, 0.25) is 0 Å². The van der Waals surface area contributed by atoms with E-state index in [1.54, 1.807) is 29.4 Å². The summed E-state index contributed by atoms with van der Waals surface area (Å²) in [6, 6.07) is 4.76. The second-order valence-corrected chi connectivity index (χ2v) is 6.76. The number of aromatic amines is 1. The molecule has 4 heterocycles. The zero-order valence-electron chi connectivity index (χ0n) is 14.3. The molecule has 26 heavy (non-hydrogen) atoms. The van der Waals surface area contributed by atoms with Gasteiger partial charge < -0.3 is 14.4 Å². The summed E-state index contributed by atoms with van der Waals surface area (Å²) >= 11 is 0. The van der Waals surface area contributed by atoms with Crippen molar-refractivity contribution in [3.8, 4) is 0 Å². The molecule has 0 saturated carbocycles. The van der Waals surface area contributed by atoms with Crippen LogP contribution in [0.15, 0.2) is 35.4 Å². The van der Waals surface area contributed by atoms with Gasteiger partial charge in [-0.3, -0.25) is 14.7 Å². The van der Waals surface area contributed by atoms with Gasteiger partial charge >= 0.3 is 0 Å². The standard InChI is InChI=1S/C17H21N5O4/c23-15-2-1-6-19-22(15)10-13-3-5-17(26-13)11-21(8-9-25-12-17)16(24)14-4-7-18-20-14/h1-2,4,6-7,13H,3,5,8-12H2,(H,18,20). The molecule has 2 atom stereocenters. The Bertz CT molecular complexity index is 821. The van der Waals surface area contributed by atoms with Gasteiger partial charge in [-0.15, -0.1) is 0 Å². The largest absolute Gasteiger partial charge is 0.377 e. The van der Waals surface area contributed by atoms with Crippen LogP contribution >= 0.6 is 0 Å². The summed E-state index contributed by atoms with van der Waals surface area (Å²) in [4.78, 5) is 26.3. The summed E-state index contributed by atoms with van der Waals surface area (Å²) in [6.45, 7) is 2.27. The number of ether oxygens (including phenoxy) is 2. The van der Waals surface area contributed by atoms with Gasteiger partial charge in [-0.2, -0.15) is 10.2 Å². The first-order valence-electron chi connectivity index (χ1n) is 8.72. The fourth-order valence-electron chi connectivity index (χ4n) is 3.59. The SMILES string of the molecule is O=C(c1ccn[nH]1)N1CCOCC2(CCC(Cn3ncccc3=O)O2)C1. The molecule has 4 rings (SSSR count). The van der Waals surface area contributed by atoms with E-state index in [2.05, 4.69) is 15.3 Å². The van der Waals surface area contributed by atoms with E-state index in [1.165, 1.54) is 10.7 Å². The summed E-state index contributed by atoms with van der Waals surface area (Å²) < 4.78 is 13.4. The van der Waals surface area contributed by atoms with Crippen molar-refractivity contribution in [2.75, 3.05) is 26.3 Å². The Morgan fingerprint density at radius 2 is 2.31 bits per heavy atom. The van der Waals surface area contributed by atoms with E-state index in [0.717, 1.165) is 12.8 Å². The zero-order valence-corrected chi connectivity index (χ0v) is 14.3. The van der Waals surface area contributed by atoms with Crippen molar-refractivity contribution in [3.05, 3.63) is 46.6 Å². The van der Waals surface area contributed by atoms with Gasteiger partial charge in [0, 0.05) is 25.0 Å². The highest BCUT2D eigenvalue weighted by Gasteiger charge is 2.44. The number of rotatable bonds is 3. The minimum atomic E-state index is -0.546. The van der Waals surface area contributed by atoms with Crippen LogP contribution in [0.25, 0.3) is 0 Å². The lowest BCUT2D eigenvalue weighted by atomic mass is 10.00. The van der Waals surface area contributed by atoms with E-state index >= 15 is 0 Å². The Kier molecular flexibility index (Phi) is 4.56. The van der Waals surface area contributed by atoms with E-state index in [9.17, 15) is 9.59 Å². The van der Waals surface area contributed by atoms with Gasteiger partial charge in [-0.25, -0.2) is 4.68 Å². The summed E-state index contributed by atoms with van der Waals surface area (Å²) in [5.41, 5.74) is -0.239. The number of nitrogens with zero attached hydrogens (tertiary/aromatic N) is 4. The molecule has 138 valence electrons. The van der Waals surface area contributed by atoms with Crippen LogP contribution in [0.5, 0.6) is 0 Å². The van der Waals surface area contributed by atoms with Crippen molar-refractivity contribution >= 4 is 5.91 Å². The van der Waals surface area contributed by atoms with Crippen molar-refractivity contribution in [2.24, 2.45) is 0 Å². The van der Waals surface area contributed by atoms with Gasteiger partial charge in [0.1, 0.15) is 11.3 Å². The van der Waals surface area contributed by atoms with Gasteiger partial charge in [0.25, 0.3) is 11.5 Å². The van der Waals surface area contributed by atoms with Crippen LogP contribution in [0.2, 0.25) is 0 Å². The van der Waals surface area contributed by atoms with Crippen LogP contribution in [0, 0.1) is 0 Å². The molecule has 2 aromatic heterocycles. The minimum Gasteiger partial charge on any atom is -0.377 e. The smallest absolute Gasteiger partial charge is 0.272 e. The predicted octanol–water partition coefficient (Wildman–Crippen LogP) is 0.0568. The molecule has 9 heteroatoms. The van der Waals surface area contributed by atoms with Crippen molar-refractivity contribution in [1.82, 2.24) is 24.9 Å². The number of carbonyl (C=O) groups excluding carboxylic acids is 1. The first-order valence-corrected chi connectivity index (χ1v) is 8.72. The first kappa shape index (κ1) is 16.9. The molecule has 2 unspecified atom stereocenters. The molecule has 2 aliphatic rings.